The van der Waals surface area contributed by atoms with Gasteiger partial charge in [-0.1, -0.05) is 36.8 Å². The number of piperidine rings is 1. The van der Waals surface area contributed by atoms with Gasteiger partial charge in [0.25, 0.3) is 0 Å². The van der Waals surface area contributed by atoms with Gasteiger partial charge in [-0.3, -0.25) is 4.90 Å². The number of rotatable bonds is 2. The smallest absolute Gasteiger partial charge is 0.0233 e. The van der Waals surface area contributed by atoms with E-state index in [1.807, 2.05) is 0 Å². The molecule has 2 N–H and O–H groups in total. The molecule has 0 amide bonds. The molecule has 1 fully saturated rings. The van der Waals surface area contributed by atoms with Crippen LogP contribution in [0.25, 0.3) is 0 Å². The van der Waals surface area contributed by atoms with E-state index in [0.717, 1.165) is 26.1 Å². The molecule has 0 radical (unpaired) electrons. The van der Waals surface area contributed by atoms with Crippen LogP contribution >= 0.6 is 0 Å². The summed E-state index contributed by atoms with van der Waals surface area (Å²) in [4.78, 5) is 2.52. The lowest BCUT2D eigenvalue weighted by atomic mass is 9.94. The number of hydrogen-bond acceptors (Lipinski definition) is 2. The van der Waals surface area contributed by atoms with Gasteiger partial charge in [-0.25, -0.2) is 0 Å². The SMILES string of the molecule is Cc1cccc(CN2CCC(N)C(C)C2)c1. The Morgan fingerprint density at radius 3 is 2.94 bits per heavy atom. The van der Waals surface area contributed by atoms with Crippen LogP contribution in [0.3, 0.4) is 0 Å². The van der Waals surface area contributed by atoms with E-state index in [-0.39, 0.29) is 0 Å². The van der Waals surface area contributed by atoms with Gasteiger partial charge in [0.2, 0.25) is 0 Å². The molecule has 2 unspecified atom stereocenters. The molecule has 0 bridgehead atoms. The van der Waals surface area contributed by atoms with Crippen LogP contribution in [0.5, 0.6) is 0 Å². The van der Waals surface area contributed by atoms with Crippen LogP contribution in [0.4, 0.5) is 0 Å². The van der Waals surface area contributed by atoms with E-state index < -0.39 is 0 Å². The Morgan fingerprint density at radius 2 is 2.25 bits per heavy atom. The molecule has 0 aromatic heterocycles. The third kappa shape index (κ3) is 2.83. The lowest BCUT2D eigenvalue weighted by molar-refractivity contribution is 0.158. The molecule has 88 valence electrons. The molecule has 16 heavy (non-hydrogen) atoms. The maximum Gasteiger partial charge on any atom is 0.0233 e. The highest BCUT2D eigenvalue weighted by Crippen LogP contribution is 2.17. The first kappa shape index (κ1) is 11.6. The van der Waals surface area contributed by atoms with Gasteiger partial charge in [0.05, 0.1) is 0 Å². The van der Waals surface area contributed by atoms with Crippen molar-refractivity contribution in [1.82, 2.24) is 4.90 Å². The zero-order chi connectivity index (χ0) is 11.5. The van der Waals surface area contributed by atoms with Gasteiger partial charge in [0, 0.05) is 19.1 Å². The molecule has 1 saturated heterocycles. The Morgan fingerprint density at radius 1 is 1.44 bits per heavy atom. The second kappa shape index (κ2) is 4.98. The van der Waals surface area contributed by atoms with Crippen molar-refractivity contribution in [3.8, 4) is 0 Å². The Kier molecular flexibility index (Phi) is 3.62. The first-order valence-corrected chi connectivity index (χ1v) is 6.18. The average molecular weight is 218 g/mol. The van der Waals surface area contributed by atoms with Gasteiger partial charge < -0.3 is 5.73 Å². The summed E-state index contributed by atoms with van der Waals surface area (Å²) in [6.45, 7) is 7.75. The molecule has 2 heteroatoms. The minimum absolute atomic E-state index is 0.397. The van der Waals surface area contributed by atoms with E-state index in [1.165, 1.54) is 11.1 Å². The third-order valence-electron chi connectivity index (χ3n) is 3.54. The molecule has 1 aromatic carbocycles. The highest BCUT2D eigenvalue weighted by atomic mass is 15.1. The van der Waals surface area contributed by atoms with E-state index >= 15 is 0 Å². The van der Waals surface area contributed by atoms with Crippen LogP contribution in [0.2, 0.25) is 0 Å². The fourth-order valence-corrected chi connectivity index (χ4v) is 2.46. The summed E-state index contributed by atoms with van der Waals surface area (Å²) in [6.07, 6.45) is 1.13. The summed E-state index contributed by atoms with van der Waals surface area (Å²) in [7, 11) is 0. The van der Waals surface area contributed by atoms with E-state index in [2.05, 4.69) is 43.0 Å². The predicted molar refractivity (Wildman–Crippen MR) is 68.2 cm³/mol. The zero-order valence-corrected chi connectivity index (χ0v) is 10.3. The highest BCUT2D eigenvalue weighted by molar-refractivity contribution is 5.22. The number of benzene rings is 1. The van der Waals surface area contributed by atoms with Crippen LogP contribution in [-0.4, -0.2) is 24.0 Å². The van der Waals surface area contributed by atoms with Crippen LogP contribution in [0.15, 0.2) is 24.3 Å². The van der Waals surface area contributed by atoms with E-state index in [9.17, 15) is 0 Å². The fourth-order valence-electron chi connectivity index (χ4n) is 2.46. The normalized spacial score (nSPS) is 26.9. The van der Waals surface area contributed by atoms with Gasteiger partial charge >= 0.3 is 0 Å². The maximum absolute atomic E-state index is 6.03. The average Bonchev–Trinajstić information content (AvgIpc) is 2.24. The van der Waals surface area contributed by atoms with Crippen LogP contribution in [-0.2, 0) is 6.54 Å². The van der Waals surface area contributed by atoms with Gasteiger partial charge in [-0.05, 0) is 31.4 Å². The molecule has 1 aromatic rings. The van der Waals surface area contributed by atoms with Crippen LogP contribution in [0, 0.1) is 12.8 Å². The van der Waals surface area contributed by atoms with Crippen molar-refractivity contribution in [2.45, 2.75) is 32.9 Å². The zero-order valence-electron chi connectivity index (χ0n) is 10.3. The second-order valence-electron chi connectivity index (χ2n) is 5.15. The van der Waals surface area contributed by atoms with Crippen molar-refractivity contribution in [3.05, 3.63) is 35.4 Å². The van der Waals surface area contributed by atoms with E-state index in [0.29, 0.717) is 12.0 Å². The molecular formula is C14H22N2. The highest BCUT2D eigenvalue weighted by Gasteiger charge is 2.22. The molecule has 0 aliphatic carbocycles. The minimum atomic E-state index is 0.397. The van der Waals surface area contributed by atoms with Crippen molar-refractivity contribution in [1.29, 1.82) is 0 Å². The second-order valence-corrected chi connectivity index (χ2v) is 5.15. The summed E-state index contributed by atoms with van der Waals surface area (Å²) >= 11 is 0. The summed E-state index contributed by atoms with van der Waals surface area (Å²) < 4.78 is 0. The number of nitrogens with zero attached hydrogens (tertiary/aromatic N) is 1. The third-order valence-corrected chi connectivity index (χ3v) is 3.54. The van der Waals surface area contributed by atoms with Crippen molar-refractivity contribution >= 4 is 0 Å². The summed E-state index contributed by atoms with van der Waals surface area (Å²) in [5.41, 5.74) is 8.80. The Hall–Kier alpha value is -0.860. The fraction of sp³-hybridized carbons (Fsp3) is 0.571. The molecule has 1 heterocycles. The molecule has 2 nitrogen and oxygen atoms in total. The summed E-state index contributed by atoms with van der Waals surface area (Å²) in [6, 6.07) is 9.18. The number of likely N-dealkylation sites (tertiary alicyclic amines) is 1. The molecule has 2 atom stereocenters. The first-order chi connectivity index (χ1) is 7.65. The molecular weight excluding hydrogens is 196 g/mol. The quantitative estimate of drug-likeness (QED) is 0.824. The lowest BCUT2D eigenvalue weighted by Crippen LogP contribution is -2.45. The standard InChI is InChI=1S/C14H22N2/c1-11-4-3-5-13(8-11)10-16-7-6-14(15)12(2)9-16/h3-5,8,12,14H,6-7,9-10,15H2,1-2H3. The molecule has 0 spiro atoms. The lowest BCUT2D eigenvalue weighted by Gasteiger charge is -2.35. The maximum atomic E-state index is 6.03. The Bertz CT molecular complexity index is 348. The van der Waals surface area contributed by atoms with Crippen LogP contribution < -0.4 is 5.73 Å². The molecule has 1 aliphatic rings. The van der Waals surface area contributed by atoms with Gasteiger partial charge in [0.15, 0.2) is 0 Å². The first-order valence-electron chi connectivity index (χ1n) is 6.18. The van der Waals surface area contributed by atoms with Crippen molar-refractivity contribution in [3.63, 3.8) is 0 Å². The van der Waals surface area contributed by atoms with Gasteiger partial charge in [-0.15, -0.1) is 0 Å². The largest absolute Gasteiger partial charge is 0.327 e. The minimum Gasteiger partial charge on any atom is -0.327 e. The van der Waals surface area contributed by atoms with Crippen molar-refractivity contribution in [2.24, 2.45) is 11.7 Å². The summed E-state index contributed by atoms with van der Waals surface area (Å²) in [5.74, 6) is 0.624. The predicted octanol–water partition coefficient (Wildman–Crippen LogP) is 2.16. The van der Waals surface area contributed by atoms with Crippen LogP contribution in [0.1, 0.15) is 24.5 Å². The van der Waals surface area contributed by atoms with E-state index in [4.69, 9.17) is 5.73 Å². The molecule has 1 aliphatic heterocycles. The number of hydrogen-bond donors (Lipinski definition) is 1. The number of aryl methyl sites for hydroxylation is 1. The molecule has 0 saturated carbocycles. The molecule has 2 rings (SSSR count). The van der Waals surface area contributed by atoms with Crippen molar-refractivity contribution < 1.29 is 0 Å². The van der Waals surface area contributed by atoms with Gasteiger partial charge in [-0.2, -0.15) is 0 Å². The van der Waals surface area contributed by atoms with Crippen molar-refractivity contribution in [2.75, 3.05) is 13.1 Å². The topological polar surface area (TPSA) is 29.3 Å². The Labute approximate surface area is 98.4 Å². The van der Waals surface area contributed by atoms with Gasteiger partial charge in [0.1, 0.15) is 0 Å². The number of nitrogens with two attached hydrogens (primary N) is 1. The van der Waals surface area contributed by atoms with E-state index in [1.54, 1.807) is 0 Å². The summed E-state index contributed by atoms with van der Waals surface area (Å²) in [5, 5.41) is 0. The monoisotopic (exact) mass is 218 g/mol. The Balaban J connectivity index is 1.95.